The van der Waals surface area contributed by atoms with Gasteiger partial charge >= 0.3 is 11.9 Å². The summed E-state index contributed by atoms with van der Waals surface area (Å²) in [6.45, 7) is 15.1. The van der Waals surface area contributed by atoms with E-state index in [0.717, 1.165) is 0 Å². The van der Waals surface area contributed by atoms with Crippen molar-refractivity contribution in [2.75, 3.05) is 21.2 Å². The van der Waals surface area contributed by atoms with Crippen molar-refractivity contribution in [3.63, 3.8) is 0 Å². The normalized spacial score (nSPS) is 37.9. The van der Waals surface area contributed by atoms with Gasteiger partial charge in [0.25, 0.3) is 0 Å². The van der Waals surface area contributed by atoms with Crippen molar-refractivity contribution in [1.29, 1.82) is 0 Å². The molecule has 3 saturated heterocycles. The number of esters is 2. The van der Waals surface area contributed by atoms with E-state index in [9.17, 15) is 24.3 Å². The number of amidine groups is 1. The molecule has 0 aromatic carbocycles. The number of nitrogens with two attached hydrogens (primary N) is 1. The summed E-state index contributed by atoms with van der Waals surface area (Å²) >= 11 is 1.20. The van der Waals surface area contributed by atoms with E-state index in [-0.39, 0.29) is 36.6 Å². The number of methoxy groups -OCH3 is 1. The van der Waals surface area contributed by atoms with E-state index in [1.54, 1.807) is 66.9 Å². The van der Waals surface area contributed by atoms with Crippen LogP contribution < -0.4 is 5.73 Å². The van der Waals surface area contributed by atoms with Gasteiger partial charge in [0.05, 0.1) is 17.8 Å². The number of fused-ring (bicyclic) bond motifs is 1. The highest BCUT2D eigenvalue weighted by Gasteiger charge is 2.62. The number of carbonyl (C=O) groups is 4. The number of hydrogen-bond acceptors (Lipinski definition) is 18. The molecule has 0 bridgehead atoms. The maximum atomic E-state index is 14.8. The van der Waals surface area contributed by atoms with Crippen LogP contribution in [0, 0.1) is 35.5 Å². The number of cyclic esters (lactones) is 1. The lowest BCUT2D eigenvalue weighted by Gasteiger charge is -2.47. The molecular weight excluding hydrogens is 799 g/mol. The minimum absolute atomic E-state index is 0.0471. The Morgan fingerprint density at radius 3 is 2.33 bits per heavy atom. The number of aliphatic hydroxyl groups excluding tert-OH is 1. The van der Waals surface area contributed by atoms with Gasteiger partial charge in [-0.3, -0.25) is 19.2 Å². The van der Waals surface area contributed by atoms with Crippen LogP contribution in [0.4, 0.5) is 0 Å². The molecule has 0 amide bonds. The molecule has 3 aliphatic heterocycles. The first-order valence-electron chi connectivity index (χ1n) is 20.5. The molecule has 0 saturated carbocycles. The second-order valence-electron chi connectivity index (χ2n) is 17.1. The quantitative estimate of drug-likeness (QED) is 0.114. The number of Topliss-reactive ketones (excluding diaryl/α,β-unsaturated/α-hetero) is 2. The van der Waals surface area contributed by atoms with Crippen molar-refractivity contribution >= 4 is 40.7 Å². The molecule has 19 heteroatoms. The van der Waals surface area contributed by atoms with Crippen LogP contribution in [0.2, 0.25) is 0 Å². The zero-order valence-corrected chi connectivity index (χ0v) is 37.4. The van der Waals surface area contributed by atoms with Crippen LogP contribution in [-0.4, -0.2) is 129 Å². The van der Waals surface area contributed by atoms with Crippen molar-refractivity contribution in [3.8, 4) is 10.8 Å². The summed E-state index contributed by atoms with van der Waals surface area (Å²) in [7, 11) is 5.16. The molecule has 0 radical (unpaired) electrons. The van der Waals surface area contributed by atoms with Crippen molar-refractivity contribution < 1.29 is 52.8 Å². The molecule has 3 N–H and O–H groups in total. The largest absolute Gasteiger partial charge is 0.458 e. The highest BCUT2D eigenvalue weighted by Crippen LogP contribution is 2.48. The Labute approximate surface area is 355 Å². The minimum atomic E-state index is -1.58. The second kappa shape index (κ2) is 18.9. The predicted octanol–water partition coefficient (Wildman–Crippen LogP) is 3.52. The third-order valence-electron chi connectivity index (χ3n) is 12.5. The summed E-state index contributed by atoms with van der Waals surface area (Å²) in [6.07, 6.45) is -1.56. The van der Waals surface area contributed by atoms with Gasteiger partial charge in [-0.25, -0.2) is 9.97 Å². The zero-order valence-electron chi connectivity index (χ0n) is 36.6. The first-order chi connectivity index (χ1) is 28.2. The molecule has 0 aliphatic carbocycles. The maximum absolute atomic E-state index is 14.8. The fraction of sp³-hybridized carbons (Fsp3) is 0.732. The maximum Gasteiger partial charge on any atom is 0.317 e. The van der Waals surface area contributed by atoms with Gasteiger partial charge in [0.15, 0.2) is 45.5 Å². The third kappa shape index (κ3) is 9.40. The van der Waals surface area contributed by atoms with Gasteiger partial charge in [0.2, 0.25) is 0 Å². The number of hydrogen-bond donors (Lipinski definition) is 2. The Morgan fingerprint density at radius 2 is 1.72 bits per heavy atom. The second-order valence-corrected chi connectivity index (χ2v) is 18.1. The molecule has 60 heavy (non-hydrogen) atoms. The highest BCUT2D eigenvalue weighted by molar-refractivity contribution is 7.14. The van der Waals surface area contributed by atoms with Crippen LogP contribution in [0.1, 0.15) is 92.7 Å². The van der Waals surface area contributed by atoms with Gasteiger partial charge in [-0.2, -0.15) is 0 Å². The molecule has 18 nitrogen and oxygen atoms in total. The van der Waals surface area contributed by atoms with Gasteiger partial charge in [-0.1, -0.05) is 44.2 Å². The minimum Gasteiger partial charge on any atom is -0.458 e. The Hall–Kier alpha value is -4.01. The first-order valence-corrected chi connectivity index (χ1v) is 21.3. The van der Waals surface area contributed by atoms with Gasteiger partial charge in [0.1, 0.15) is 29.8 Å². The average Bonchev–Trinajstić information content (AvgIpc) is 3.83. The molecular formula is C41H61N7O11S. The van der Waals surface area contributed by atoms with Gasteiger partial charge < -0.3 is 44.3 Å². The van der Waals surface area contributed by atoms with E-state index in [1.165, 1.54) is 25.4 Å². The summed E-state index contributed by atoms with van der Waals surface area (Å²) in [4.78, 5) is 73.2. The Balaban J connectivity index is 1.51. The smallest absolute Gasteiger partial charge is 0.317 e. The standard InChI is InChI=1S/C41H61N7O11S/c1-13-26-41(9)28(27(38(53)58-41)33(42)47-59-24(7)35-45-46-36(60-35)34-43-15-14-16-44-34)21(4)29(49)19(2)18-40(8,54-12)32(22(5)30(50)23(6)37(52)56-26)57-39-31(51)25(48(10)11)17-20(3)55-39/h14-16,19-28,31-32,39,51H,13,17-18H2,1-12H3,(H2,42,47)/t19-,20-,21-,22+,23-,24-,25+,26+,27-,28+,31-,32-,39?,40-,41-/m1/s1. The topological polar surface area (TPSA) is 237 Å². The van der Waals surface area contributed by atoms with Crippen LogP contribution in [0.15, 0.2) is 23.6 Å². The number of ether oxygens (including phenoxy) is 5. The van der Waals surface area contributed by atoms with Crippen molar-refractivity contribution in [3.05, 3.63) is 23.5 Å². The van der Waals surface area contributed by atoms with Crippen molar-refractivity contribution in [2.24, 2.45) is 46.4 Å². The fourth-order valence-electron chi connectivity index (χ4n) is 9.08. The Morgan fingerprint density at radius 1 is 1.05 bits per heavy atom. The number of likely N-dealkylation sites (N-methyl/N-ethyl adjacent to an activating group) is 1. The summed E-state index contributed by atoms with van der Waals surface area (Å²) in [5.74, 6) is -8.56. The zero-order chi connectivity index (χ0) is 44.4. The number of ketones is 2. The molecule has 332 valence electrons. The fourth-order valence-corrected chi connectivity index (χ4v) is 9.85. The van der Waals surface area contributed by atoms with E-state index in [4.69, 9.17) is 34.3 Å². The van der Waals surface area contributed by atoms with Gasteiger partial charge in [-0.05, 0) is 74.0 Å². The Kier molecular flexibility index (Phi) is 14.9. The lowest BCUT2D eigenvalue weighted by atomic mass is 9.67. The molecule has 0 spiro atoms. The Bertz CT molecular complexity index is 1880. The number of rotatable bonds is 10. The van der Waals surface area contributed by atoms with Crippen LogP contribution in [0.3, 0.4) is 0 Å². The van der Waals surface area contributed by atoms with Crippen molar-refractivity contribution in [2.45, 2.75) is 136 Å². The first kappa shape index (κ1) is 47.0. The predicted molar refractivity (Wildman–Crippen MR) is 218 cm³/mol. The number of oxime groups is 1. The van der Waals surface area contributed by atoms with Gasteiger partial charge in [0, 0.05) is 49.2 Å². The summed E-state index contributed by atoms with van der Waals surface area (Å²) in [5, 5.41) is 24.9. The molecule has 1 unspecified atom stereocenters. The molecule has 2 aromatic rings. The lowest BCUT2D eigenvalue weighted by molar-refractivity contribution is -0.295. The SMILES string of the molecule is CC[C@@H]1OC(=O)[C@H](C)C(=O)[C@H](C)[C@@H](OC2O[C@H](C)C[C@H](N(C)C)[C@H]2O)[C@](C)(OC)C[C@@H](C)C(=O)[C@H](C)[C@H]2[C@H](/C(N)=N/O[C@H](C)c3nnc(-c4ncccn4)s3)C(=O)O[C@@]21C. The average molecular weight is 860 g/mol. The summed E-state index contributed by atoms with van der Waals surface area (Å²) < 4.78 is 31.1. The van der Waals surface area contributed by atoms with Crippen LogP contribution >= 0.6 is 11.3 Å². The highest BCUT2D eigenvalue weighted by atomic mass is 32.1. The van der Waals surface area contributed by atoms with Crippen molar-refractivity contribution in [1.82, 2.24) is 25.1 Å². The van der Waals surface area contributed by atoms with E-state index >= 15 is 0 Å². The lowest BCUT2D eigenvalue weighted by Crippen LogP contribution is -2.59. The van der Waals surface area contributed by atoms with E-state index < -0.39 is 95.1 Å². The third-order valence-corrected chi connectivity index (χ3v) is 13.6. The van der Waals surface area contributed by atoms with Gasteiger partial charge in [-0.15, -0.1) is 10.2 Å². The van der Waals surface area contributed by atoms with E-state index in [0.29, 0.717) is 22.3 Å². The summed E-state index contributed by atoms with van der Waals surface area (Å²) in [5.41, 5.74) is 3.66. The number of aromatic nitrogens is 4. The van der Waals surface area contributed by atoms with E-state index in [1.807, 2.05) is 25.9 Å². The molecule has 5 rings (SSSR count). The molecule has 2 aromatic heterocycles. The number of carbonyl (C=O) groups excluding carboxylic acids is 4. The molecule has 3 fully saturated rings. The van der Waals surface area contributed by atoms with Crippen LogP contribution in [-0.2, 0) is 47.7 Å². The van der Waals surface area contributed by atoms with E-state index in [2.05, 4.69) is 25.3 Å². The van der Waals surface area contributed by atoms with Crippen LogP contribution in [0.5, 0.6) is 0 Å². The molecule has 5 heterocycles. The number of nitrogens with zero attached hydrogens (tertiary/aromatic N) is 6. The molecule has 3 aliphatic rings. The van der Waals surface area contributed by atoms with Crippen LogP contribution in [0.25, 0.3) is 10.8 Å². The monoisotopic (exact) mass is 859 g/mol. The number of aliphatic hydroxyl groups is 1. The summed E-state index contributed by atoms with van der Waals surface area (Å²) in [6, 6.07) is 1.37. The molecule has 15 atom stereocenters.